The van der Waals surface area contributed by atoms with Crippen LogP contribution < -0.4 is 5.32 Å². The first-order valence-electron chi connectivity index (χ1n) is 6.45. The molecule has 1 N–H and O–H groups in total. The van der Waals surface area contributed by atoms with Gasteiger partial charge in [0.05, 0.1) is 10.9 Å². The van der Waals surface area contributed by atoms with Crippen molar-refractivity contribution in [2.24, 2.45) is 0 Å². The Morgan fingerprint density at radius 2 is 2.25 bits per heavy atom. The molecular weight excluding hydrogens is 314 g/mol. The predicted octanol–water partition coefficient (Wildman–Crippen LogP) is 3.18. The lowest BCUT2D eigenvalue weighted by molar-refractivity contribution is -0.115. The summed E-state index contributed by atoms with van der Waals surface area (Å²) in [4.78, 5) is 18.2. The monoisotopic (exact) mass is 329 g/mol. The van der Waals surface area contributed by atoms with Crippen LogP contribution in [0.25, 0.3) is 0 Å². The van der Waals surface area contributed by atoms with E-state index in [0.717, 1.165) is 17.4 Å². The number of hydrogen-bond acceptors (Lipinski definition) is 4. The second kappa shape index (κ2) is 7.24. The van der Waals surface area contributed by atoms with Crippen molar-refractivity contribution in [3.8, 4) is 0 Å². The van der Waals surface area contributed by atoms with Gasteiger partial charge in [0, 0.05) is 19.3 Å². The van der Waals surface area contributed by atoms with Gasteiger partial charge in [-0.25, -0.2) is 4.98 Å². The van der Waals surface area contributed by atoms with Crippen molar-refractivity contribution in [3.05, 3.63) is 23.5 Å². The molecule has 1 amide bonds. The number of thiocarbonyl (C=S) groups is 1. The van der Waals surface area contributed by atoms with E-state index < -0.39 is 0 Å². The van der Waals surface area contributed by atoms with E-state index >= 15 is 0 Å². The van der Waals surface area contributed by atoms with Crippen molar-refractivity contribution in [2.45, 2.75) is 25.0 Å². The molecule has 0 aliphatic carbocycles. The summed E-state index contributed by atoms with van der Waals surface area (Å²) < 4.78 is 0.794. The number of anilines is 1. The highest BCUT2D eigenvalue weighted by molar-refractivity contribution is 8.23. The van der Waals surface area contributed by atoms with Crippen LogP contribution >= 0.6 is 35.6 Å². The first-order valence-corrected chi connectivity index (χ1v) is 8.11. The summed E-state index contributed by atoms with van der Waals surface area (Å²) in [6.45, 7) is 3.83. The summed E-state index contributed by atoms with van der Waals surface area (Å²) in [5.74, 6) is -0.119. The summed E-state index contributed by atoms with van der Waals surface area (Å²) in [6.07, 6.45) is 3.93. The molecule has 0 spiro atoms. The van der Waals surface area contributed by atoms with Crippen molar-refractivity contribution in [2.75, 3.05) is 18.4 Å². The topological polar surface area (TPSA) is 45.2 Å². The SMILES string of the molecule is C[C@H](SC(=S)N1CCCC1)C(=O)Nc1cccnc1Cl. The molecule has 7 heteroatoms. The molecule has 1 fully saturated rings. The molecule has 1 saturated heterocycles. The zero-order valence-corrected chi connectivity index (χ0v) is 13.5. The van der Waals surface area contributed by atoms with Gasteiger partial charge in [-0.3, -0.25) is 4.79 Å². The van der Waals surface area contributed by atoms with Crippen LogP contribution in [0.3, 0.4) is 0 Å². The van der Waals surface area contributed by atoms with Gasteiger partial charge in [-0.2, -0.15) is 0 Å². The molecule has 0 saturated carbocycles. The lowest BCUT2D eigenvalue weighted by atomic mass is 10.4. The number of pyridine rings is 1. The van der Waals surface area contributed by atoms with Crippen LogP contribution in [0.2, 0.25) is 5.15 Å². The molecule has 1 aliphatic heterocycles. The van der Waals surface area contributed by atoms with Gasteiger partial charge in [-0.15, -0.1) is 0 Å². The van der Waals surface area contributed by atoms with Crippen LogP contribution in [0, 0.1) is 0 Å². The summed E-state index contributed by atoms with van der Waals surface area (Å²) in [5.41, 5.74) is 0.527. The number of thioether (sulfide) groups is 1. The maximum absolute atomic E-state index is 12.1. The van der Waals surface area contributed by atoms with Crippen LogP contribution in [0.1, 0.15) is 19.8 Å². The van der Waals surface area contributed by atoms with Gasteiger partial charge in [0.15, 0.2) is 5.15 Å². The van der Waals surface area contributed by atoms with E-state index in [1.807, 2.05) is 6.92 Å². The number of amides is 1. The Hall–Kier alpha value is -0.850. The number of hydrogen-bond donors (Lipinski definition) is 1. The maximum Gasteiger partial charge on any atom is 0.237 e. The quantitative estimate of drug-likeness (QED) is 0.681. The molecule has 0 radical (unpaired) electrons. The van der Waals surface area contributed by atoms with Gasteiger partial charge >= 0.3 is 0 Å². The van der Waals surface area contributed by atoms with Crippen LogP contribution in [0.4, 0.5) is 5.69 Å². The lowest BCUT2D eigenvalue weighted by Gasteiger charge is -2.20. The van der Waals surface area contributed by atoms with Gasteiger partial charge < -0.3 is 10.2 Å². The normalized spacial score (nSPS) is 16.0. The van der Waals surface area contributed by atoms with E-state index in [1.54, 1.807) is 18.3 Å². The van der Waals surface area contributed by atoms with Crippen LogP contribution in [-0.2, 0) is 4.79 Å². The molecule has 1 aromatic heterocycles. The van der Waals surface area contributed by atoms with Gasteiger partial charge in [0.25, 0.3) is 0 Å². The Morgan fingerprint density at radius 3 is 2.90 bits per heavy atom. The summed E-state index contributed by atoms with van der Waals surface area (Å²) >= 11 is 12.7. The molecule has 108 valence electrons. The van der Waals surface area contributed by atoms with E-state index in [4.69, 9.17) is 23.8 Å². The minimum Gasteiger partial charge on any atom is -0.358 e. The van der Waals surface area contributed by atoms with Crippen molar-refractivity contribution in [1.29, 1.82) is 0 Å². The van der Waals surface area contributed by atoms with Gasteiger partial charge in [-0.05, 0) is 31.9 Å². The molecule has 4 nitrogen and oxygen atoms in total. The maximum atomic E-state index is 12.1. The lowest BCUT2D eigenvalue weighted by Crippen LogP contribution is -2.29. The highest BCUT2D eigenvalue weighted by Crippen LogP contribution is 2.23. The van der Waals surface area contributed by atoms with Gasteiger partial charge in [0.1, 0.15) is 4.32 Å². The molecule has 2 rings (SSSR count). The number of nitrogens with one attached hydrogen (secondary N) is 1. The number of rotatable bonds is 3. The average molecular weight is 330 g/mol. The smallest absolute Gasteiger partial charge is 0.237 e. The van der Waals surface area contributed by atoms with E-state index in [-0.39, 0.29) is 11.2 Å². The zero-order chi connectivity index (χ0) is 14.5. The number of aromatic nitrogens is 1. The Bertz CT molecular complexity index is 506. The molecule has 1 aromatic rings. The number of likely N-dealkylation sites (tertiary alicyclic amines) is 1. The van der Waals surface area contributed by atoms with Crippen LogP contribution in [0.5, 0.6) is 0 Å². The first-order chi connectivity index (χ1) is 9.58. The summed E-state index contributed by atoms with van der Waals surface area (Å²) in [7, 11) is 0. The molecule has 0 unspecified atom stereocenters. The Labute approximate surface area is 133 Å². The minimum absolute atomic E-state index is 0.119. The van der Waals surface area contributed by atoms with Gasteiger partial charge in [-0.1, -0.05) is 35.6 Å². The van der Waals surface area contributed by atoms with Crippen molar-refractivity contribution >= 4 is 51.5 Å². The third kappa shape index (κ3) is 4.07. The average Bonchev–Trinajstić information content (AvgIpc) is 2.95. The Morgan fingerprint density at radius 1 is 1.55 bits per heavy atom. The van der Waals surface area contributed by atoms with Gasteiger partial charge in [0.2, 0.25) is 5.91 Å². The molecular formula is C13H16ClN3OS2. The van der Waals surface area contributed by atoms with E-state index in [1.165, 1.54) is 24.6 Å². The number of carbonyl (C=O) groups is 1. The standard InChI is InChI=1S/C13H16ClN3OS2/c1-9(20-13(19)17-7-2-3-8-17)12(18)16-10-5-4-6-15-11(10)14/h4-6,9H,2-3,7-8H2,1H3,(H,16,18)/t9-/m0/s1. The third-order valence-electron chi connectivity index (χ3n) is 3.03. The minimum atomic E-state index is -0.264. The molecule has 20 heavy (non-hydrogen) atoms. The third-order valence-corrected chi connectivity index (χ3v) is 4.90. The Kier molecular flexibility index (Phi) is 5.63. The first kappa shape index (κ1) is 15.5. The van der Waals surface area contributed by atoms with Crippen molar-refractivity contribution in [1.82, 2.24) is 9.88 Å². The fourth-order valence-corrected chi connectivity index (χ4v) is 3.47. The second-order valence-corrected chi connectivity index (χ2v) is 6.88. The molecule has 1 aliphatic rings. The predicted molar refractivity (Wildman–Crippen MR) is 88.3 cm³/mol. The largest absolute Gasteiger partial charge is 0.358 e. The second-order valence-electron chi connectivity index (χ2n) is 4.55. The summed E-state index contributed by atoms with van der Waals surface area (Å²) in [6, 6.07) is 3.46. The van der Waals surface area contributed by atoms with Crippen molar-refractivity contribution in [3.63, 3.8) is 0 Å². The number of carbonyl (C=O) groups excluding carboxylic acids is 1. The van der Waals surface area contributed by atoms with Crippen LogP contribution in [0.15, 0.2) is 18.3 Å². The Balaban J connectivity index is 1.88. The fourth-order valence-electron chi connectivity index (χ4n) is 1.89. The molecule has 2 heterocycles. The van der Waals surface area contributed by atoms with Crippen LogP contribution in [-0.4, -0.2) is 38.5 Å². The zero-order valence-electron chi connectivity index (χ0n) is 11.1. The summed E-state index contributed by atoms with van der Waals surface area (Å²) in [5, 5.41) is 2.80. The highest BCUT2D eigenvalue weighted by Gasteiger charge is 2.21. The van der Waals surface area contributed by atoms with E-state index in [2.05, 4.69) is 15.2 Å². The van der Waals surface area contributed by atoms with Crippen molar-refractivity contribution < 1.29 is 4.79 Å². The molecule has 0 bridgehead atoms. The van der Waals surface area contributed by atoms with E-state index in [9.17, 15) is 4.79 Å². The number of halogens is 1. The fraction of sp³-hybridized carbons (Fsp3) is 0.462. The number of nitrogens with zero attached hydrogens (tertiary/aromatic N) is 2. The molecule has 0 aromatic carbocycles. The molecule has 1 atom stereocenters. The highest BCUT2D eigenvalue weighted by atomic mass is 35.5. The van der Waals surface area contributed by atoms with E-state index in [0.29, 0.717) is 10.8 Å².